The van der Waals surface area contributed by atoms with Crippen molar-refractivity contribution >= 4 is 23.2 Å². The molecule has 6 heterocycles. The van der Waals surface area contributed by atoms with Gasteiger partial charge in [-0.2, -0.15) is 0 Å². The number of amides is 2. The summed E-state index contributed by atoms with van der Waals surface area (Å²) < 4.78 is 23.7. The van der Waals surface area contributed by atoms with Crippen molar-refractivity contribution in [3.05, 3.63) is 119 Å². The Morgan fingerprint density at radius 3 is 1.95 bits per heavy atom. The van der Waals surface area contributed by atoms with E-state index in [1.807, 2.05) is 24.3 Å². The maximum absolute atomic E-state index is 13.4. The lowest BCUT2D eigenvalue weighted by Gasteiger charge is -2.54. The van der Waals surface area contributed by atoms with Crippen LogP contribution in [0.1, 0.15) is 131 Å². The van der Waals surface area contributed by atoms with E-state index >= 15 is 0 Å². The summed E-state index contributed by atoms with van der Waals surface area (Å²) in [5.74, 6) is 0.836. The van der Waals surface area contributed by atoms with E-state index in [9.17, 15) is 9.59 Å². The number of carbonyl (C=O) groups excluding carboxylic acids is 2. The van der Waals surface area contributed by atoms with Crippen LogP contribution in [0.2, 0.25) is 0 Å². The number of hydrogen-bond acceptors (Lipinski definition) is 10. The van der Waals surface area contributed by atoms with Crippen LogP contribution in [0.4, 0.5) is 11.4 Å². The van der Waals surface area contributed by atoms with E-state index in [0.717, 1.165) is 107 Å². The summed E-state index contributed by atoms with van der Waals surface area (Å²) in [5.41, 5.74) is 8.88. The average Bonchev–Trinajstić information content (AvgIpc) is 4.21. The molecule has 0 radical (unpaired) electrons. The van der Waals surface area contributed by atoms with Gasteiger partial charge in [-0.25, -0.2) is 0 Å². The SMILES string of the molecule is C=C1CCC2=CC3=CC[C@]4(C)C(C(=O)Nc5cccnc5)=CC[C@H]4[C@@]34CC[C@]2(C1)O4.CN(C)C(C)(C)C.CN(C)[C@H]1CCC2=CC3=CC[C@]4(C)[C@@H](C(=O)Nc5cccnc5)CC[C@H]4[C@@]34CC[C@]2(C1)O4.COCCOC. The molecule has 12 rings (SSSR count). The zero-order chi connectivity index (χ0) is 53.6. The molecule has 0 aromatic carbocycles. The Hall–Kier alpha value is -4.56. The van der Waals surface area contributed by atoms with E-state index < -0.39 is 0 Å². The molecule has 0 unspecified atom stereocenters. The third-order valence-electron chi connectivity index (χ3n) is 19.8. The predicted octanol–water partition coefficient (Wildman–Crippen LogP) is 11.6. The number of ether oxygens (including phenoxy) is 4. The lowest BCUT2D eigenvalue weighted by atomic mass is 9.58. The second-order valence-corrected chi connectivity index (χ2v) is 25.3. The molecule has 2 N–H and O–H groups in total. The molecule has 4 spiro atoms. The molecular weight excluding hydrogens is 937 g/mol. The summed E-state index contributed by atoms with van der Waals surface area (Å²) in [6, 6.07) is 8.09. The van der Waals surface area contributed by atoms with Crippen molar-refractivity contribution in [1.29, 1.82) is 0 Å². The van der Waals surface area contributed by atoms with Gasteiger partial charge in [-0.05, 0) is 197 Å². The monoisotopic (exact) mass is 1020 g/mol. The number of hydrogen-bond donors (Lipinski definition) is 2. The van der Waals surface area contributed by atoms with E-state index in [1.54, 1.807) is 39.0 Å². The van der Waals surface area contributed by atoms with Crippen molar-refractivity contribution in [2.45, 2.75) is 165 Å². The van der Waals surface area contributed by atoms with Crippen LogP contribution in [0, 0.1) is 28.6 Å². The molecule has 406 valence electrons. The molecule has 75 heavy (non-hydrogen) atoms. The lowest BCUT2D eigenvalue weighted by molar-refractivity contribution is -0.146. The van der Waals surface area contributed by atoms with Crippen LogP contribution in [0.25, 0.3) is 0 Å². The van der Waals surface area contributed by atoms with Gasteiger partial charge >= 0.3 is 0 Å². The van der Waals surface area contributed by atoms with E-state index in [1.165, 1.54) is 34.3 Å². The van der Waals surface area contributed by atoms with Crippen LogP contribution in [0.15, 0.2) is 119 Å². The predicted molar refractivity (Wildman–Crippen MR) is 299 cm³/mol. The number of carbonyl (C=O) groups is 2. The van der Waals surface area contributed by atoms with Gasteiger partial charge in [-0.3, -0.25) is 19.6 Å². The molecule has 4 aliphatic heterocycles. The highest BCUT2D eigenvalue weighted by Crippen LogP contribution is 2.69. The smallest absolute Gasteiger partial charge is 0.251 e. The second kappa shape index (κ2) is 21.3. The van der Waals surface area contributed by atoms with E-state index in [0.29, 0.717) is 36.6 Å². The number of rotatable bonds is 8. The zero-order valence-corrected chi connectivity index (χ0v) is 47.3. The summed E-state index contributed by atoms with van der Waals surface area (Å²) in [7, 11) is 11.9. The van der Waals surface area contributed by atoms with Gasteiger partial charge in [-0.1, -0.05) is 56.4 Å². The van der Waals surface area contributed by atoms with Gasteiger partial charge in [0.2, 0.25) is 5.91 Å². The third kappa shape index (κ3) is 10.1. The first-order valence-corrected chi connectivity index (χ1v) is 28.0. The second-order valence-electron chi connectivity index (χ2n) is 25.3. The number of methoxy groups -OCH3 is 2. The summed E-state index contributed by atoms with van der Waals surface area (Å²) in [6.07, 6.45) is 34.4. The van der Waals surface area contributed by atoms with E-state index in [2.05, 4.69) is 140 Å². The fourth-order valence-corrected chi connectivity index (χ4v) is 15.0. The van der Waals surface area contributed by atoms with Crippen LogP contribution in [0.3, 0.4) is 0 Å². The Bertz CT molecular complexity index is 2610. The highest BCUT2D eigenvalue weighted by atomic mass is 16.5. The maximum Gasteiger partial charge on any atom is 0.251 e. The molecule has 6 aliphatic carbocycles. The van der Waals surface area contributed by atoms with Crippen molar-refractivity contribution in [2.75, 3.05) is 66.3 Å². The first-order valence-electron chi connectivity index (χ1n) is 28.0. The number of nitrogens with one attached hydrogen (secondary N) is 2. The third-order valence-corrected chi connectivity index (χ3v) is 19.8. The molecule has 3 saturated carbocycles. The summed E-state index contributed by atoms with van der Waals surface area (Å²) in [6.45, 7) is 16.8. The average molecular weight is 1030 g/mol. The summed E-state index contributed by atoms with van der Waals surface area (Å²) in [5, 5.41) is 6.19. The Balaban J connectivity index is 0.000000149. The highest BCUT2D eigenvalue weighted by Gasteiger charge is 2.68. The van der Waals surface area contributed by atoms with Gasteiger partial charge in [0.15, 0.2) is 0 Å². The molecule has 10 aliphatic rings. The molecule has 2 aromatic rings. The van der Waals surface area contributed by atoms with Crippen LogP contribution in [-0.2, 0) is 28.5 Å². The minimum absolute atomic E-state index is 0.00582. The molecule has 4 bridgehead atoms. The fraction of sp³-hybridized carbons (Fsp3) is 0.619. The molecule has 5 fully saturated rings. The Morgan fingerprint density at radius 2 is 1.35 bits per heavy atom. The van der Waals surface area contributed by atoms with Gasteiger partial charge in [0, 0.05) is 67.4 Å². The topological polar surface area (TPSA) is 127 Å². The minimum Gasteiger partial charge on any atom is -0.382 e. The Labute approximate surface area is 448 Å². The van der Waals surface area contributed by atoms with Crippen LogP contribution < -0.4 is 10.6 Å². The Morgan fingerprint density at radius 1 is 0.760 bits per heavy atom. The summed E-state index contributed by atoms with van der Waals surface area (Å²) >= 11 is 0. The van der Waals surface area contributed by atoms with Crippen LogP contribution in [0.5, 0.6) is 0 Å². The van der Waals surface area contributed by atoms with Crippen LogP contribution >= 0.6 is 0 Å². The number of allylic oxidation sites excluding steroid dienone is 3. The standard InChI is InChI=1S/C27H35N3O2.C26H28N2O2.C6H15N.C4H10O2/c1-25-11-10-19-15-18-6-7-21(30(2)3)16-26(18)12-13-27(19,32-26)23(25)9-8-22(25)24(31)29-20-5-4-14-28-17-20;1-17-5-6-18-14-19-9-10-24(2)21(23(29)28-20-4-3-13-27-16-20)7-8-22(24)26(19)12-11-25(18,15-17)30-26;1-6(2,3)7(4)5;1-5-3-4-6-2/h4-5,10,14-15,17,21-23H,6-9,11-13,16H2,1-3H3,(H,29,31);3-4,7,9,13-14,16,22H,1,5-6,8,10-12,15H2,2H3,(H,28,29);1-5H3;3-4H2,1-2H3/t21-,22+,23+,25+,26+,27+;22-,24-,25-,26-;;/m01../s1. The highest BCUT2D eigenvalue weighted by molar-refractivity contribution is 6.05. The summed E-state index contributed by atoms with van der Waals surface area (Å²) in [4.78, 5) is 39.4. The molecule has 12 nitrogen and oxygen atoms in total. The normalized spacial score (nSPS) is 35.3. The first kappa shape index (κ1) is 55.2. The van der Waals surface area contributed by atoms with Gasteiger partial charge in [-0.15, -0.1) is 0 Å². The number of pyridine rings is 2. The van der Waals surface area contributed by atoms with E-state index in [4.69, 9.17) is 9.47 Å². The number of anilines is 2. The molecule has 10 atom stereocenters. The van der Waals surface area contributed by atoms with Crippen molar-refractivity contribution in [3.63, 3.8) is 0 Å². The quantitative estimate of drug-likeness (QED) is 0.195. The van der Waals surface area contributed by atoms with Crippen molar-refractivity contribution < 1.29 is 28.5 Å². The van der Waals surface area contributed by atoms with Crippen LogP contribution in [-0.4, -0.2) is 121 Å². The van der Waals surface area contributed by atoms with E-state index in [-0.39, 0.29) is 51.0 Å². The van der Waals surface area contributed by atoms with Gasteiger partial charge in [0.05, 0.1) is 59.4 Å². The molecular formula is C63H88N6O6. The largest absolute Gasteiger partial charge is 0.382 e. The number of aromatic nitrogens is 2. The van der Waals surface area contributed by atoms with Gasteiger partial charge in [0.25, 0.3) is 5.91 Å². The van der Waals surface area contributed by atoms with Gasteiger partial charge < -0.3 is 39.4 Å². The zero-order valence-electron chi connectivity index (χ0n) is 47.3. The molecule has 2 amide bonds. The molecule has 2 aromatic heterocycles. The fourth-order valence-electron chi connectivity index (χ4n) is 15.0. The molecule has 2 saturated heterocycles. The van der Waals surface area contributed by atoms with Crippen molar-refractivity contribution in [3.8, 4) is 0 Å². The van der Waals surface area contributed by atoms with Crippen molar-refractivity contribution in [1.82, 2.24) is 19.8 Å². The van der Waals surface area contributed by atoms with Crippen molar-refractivity contribution in [2.24, 2.45) is 28.6 Å². The number of fused-ring (bicyclic) bond motifs is 2. The Kier molecular flexibility index (Phi) is 15.7. The minimum atomic E-state index is -0.263. The number of nitrogens with zero attached hydrogens (tertiary/aromatic N) is 4. The molecule has 12 heteroatoms. The van der Waals surface area contributed by atoms with Gasteiger partial charge in [0.1, 0.15) is 0 Å². The first-order chi connectivity index (χ1) is 35.7. The lowest BCUT2D eigenvalue weighted by Crippen LogP contribution is -2.55. The maximum atomic E-state index is 13.4.